The summed E-state index contributed by atoms with van der Waals surface area (Å²) >= 11 is 3.59. The minimum Gasteiger partial charge on any atom is -0.457 e. The molecule has 3 heteroatoms. The zero-order chi connectivity index (χ0) is 13.7. The van der Waals surface area contributed by atoms with E-state index in [0.717, 1.165) is 34.6 Å². The maximum Gasteiger partial charge on any atom is 0.130 e. The number of hydrogen-bond acceptors (Lipinski definition) is 2. The molecule has 2 nitrogen and oxygen atoms in total. The van der Waals surface area contributed by atoms with Crippen molar-refractivity contribution in [3.05, 3.63) is 58.1 Å². The number of benzene rings is 2. The molecule has 0 spiro atoms. The largest absolute Gasteiger partial charge is 0.457 e. The van der Waals surface area contributed by atoms with Gasteiger partial charge in [0.05, 0.1) is 0 Å². The zero-order valence-electron chi connectivity index (χ0n) is 11.2. The van der Waals surface area contributed by atoms with Crippen molar-refractivity contribution < 1.29 is 4.74 Å². The van der Waals surface area contributed by atoms with Gasteiger partial charge in [0.25, 0.3) is 0 Å². The van der Waals surface area contributed by atoms with Crippen molar-refractivity contribution in [2.24, 2.45) is 0 Å². The van der Waals surface area contributed by atoms with Crippen molar-refractivity contribution in [1.82, 2.24) is 5.32 Å². The summed E-state index contributed by atoms with van der Waals surface area (Å²) in [6, 6.07) is 14.1. The Morgan fingerprint density at radius 3 is 2.63 bits per heavy atom. The highest BCUT2D eigenvalue weighted by atomic mass is 79.9. The molecule has 0 aliphatic carbocycles. The Morgan fingerprint density at radius 1 is 1.16 bits per heavy atom. The molecule has 2 aromatic rings. The molecule has 0 saturated heterocycles. The van der Waals surface area contributed by atoms with Crippen molar-refractivity contribution in [3.8, 4) is 11.5 Å². The Labute approximate surface area is 122 Å². The van der Waals surface area contributed by atoms with Crippen LogP contribution in [-0.4, -0.2) is 6.54 Å². The average molecular weight is 320 g/mol. The number of nitrogens with one attached hydrogen (secondary N) is 1. The first-order valence-electron chi connectivity index (χ1n) is 6.43. The second-order valence-electron chi connectivity index (χ2n) is 4.40. The molecule has 0 unspecified atom stereocenters. The van der Waals surface area contributed by atoms with Crippen molar-refractivity contribution in [3.63, 3.8) is 0 Å². The first-order valence-corrected chi connectivity index (χ1v) is 7.22. The van der Waals surface area contributed by atoms with Gasteiger partial charge in [0, 0.05) is 11.0 Å². The fourth-order valence-corrected chi connectivity index (χ4v) is 2.29. The Hall–Kier alpha value is -1.32. The zero-order valence-corrected chi connectivity index (χ0v) is 12.8. The third kappa shape index (κ3) is 3.82. The van der Waals surface area contributed by atoms with E-state index < -0.39 is 0 Å². The predicted molar refractivity (Wildman–Crippen MR) is 82.8 cm³/mol. The van der Waals surface area contributed by atoms with Gasteiger partial charge in [-0.1, -0.05) is 47.1 Å². The molecule has 0 radical (unpaired) electrons. The van der Waals surface area contributed by atoms with Crippen molar-refractivity contribution in [2.75, 3.05) is 6.54 Å². The van der Waals surface area contributed by atoms with Crippen molar-refractivity contribution >= 4 is 15.9 Å². The van der Waals surface area contributed by atoms with Crippen LogP contribution in [0.5, 0.6) is 11.5 Å². The molecule has 0 aliphatic rings. The first kappa shape index (κ1) is 14.1. The Bertz CT molecular complexity index is 554. The summed E-state index contributed by atoms with van der Waals surface area (Å²) < 4.78 is 6.97. The number of hydrogen-bond donors (Lipinski definition) is 1. The van der Waals surface area contributed by atoms with Crippen LogP contribution in [0.4, 0.5) is 0 Å². The molecule has 0 aliphatic heterocycles. The highest BCUT2D eigenvalue weighted by Crippen LogP contribution is 2.28. The molecule has 0 heterocycles. The summed E-state index contributed by atoms with van der Waals surface area (Å²) in [7, 11) is 0. The molecule has 19 heavy (non-hydrogen) atoms. The molecule has 0 aromatic heterocycles. The molecular formula is C16H18BrNO. The van der Waals surface area contributed by atoms with Crippen LogP contribution >= 0.6 is 15.9 Å². The molecule has 1 N–H and O–H groups in total. The van der Waals surface area contributed by atoms with E-state index in [-0.39, 0.29) is 0 Å². The summed E-state index contributed by atoms with van der Waals surface area (Å²) in [5.41, 5.74) is 2.37. The van der Waals surface area contributed by atoms with Gasteiger partial charge in [-0.2, -0.15) is 0 Å². The minimum atomic E-state index is 0.849. The second kappa shape index (κ2) is 6.73. The molecule has 2 rings (SSSR count). The lowest BCUT2D eigenvalue weighted by Gasteiger charge is -2.11. The lowest BCUT2D eigenvalue weighted by Crippen LogP contribution is -2.11. The van der Waals surface area contributed by atoms with Crippen LogP contribution in [0.15, 0.2) is 46.9 Å². The van der Waals surface area contributed by atoms with Crippen LogP contribution in [0.2, 0.25) is 0 Å². The number of para-hydroxylation sites is 1. The number of rotatable bonds is 5. The lowest BCUT2D eigenvalue weighted by molar-refractivity contribution is 0.478. The van der Waals surface area contributed by atoms with Crippen LogP contribution in [0.3, 0.4) is 0 Å². The van der Waals surface area contributed by atoms with Gasteiger partial charge in [-0.15, -0.1) is 0 Å². The molecule has 0 amide bonds. The Kier molecular flexibility index (Phi) is 5.00. The van der Waals surface area contributed by atoms with E-state index in [4.69, 9.17) is 4.74 Å². The quantitative estimate of drug-likeness (QED) is 0.865. The van der Waals surface area contributed by atoms with Gasteiger partial charge in [0.15, 0.2) is 0 Å². The molecular weight excluding hydrogens is 302 g/mol. The normalized spacial score (nSPS) is 10.5. The van der Waals surface area contributed by atoms with Gasteiger partial charge in [0.2, 0.25) is 0 Å². The smallest absolute Gasteiger partial charge is 0.130 e. The van der Waals surface area contributed by atoms with E-state index in [1.165, 1.54) is 5.56 Å². The van der Waals surface area contributed by atoms with E-state index in [1.807, 2.05) is 43.3 Å². The molecule has 0 atom stereocenters. The Balaban J connectivity index is 2.14. The van der Waals surface area contributed by atoms with Crippen LogP contribution in [0.1, 0.15) is 18.1 Å². The van der Waals surface area contributed by atoms with Crippen LogP contribution in [-0.2, 0) is 6.54 Å². The van der Waals surface area contributed by atoms with Gasteiger partial charge in [-0.3, -0.25) is 0 Å². The third-order valence-electron chi connectivity index (χ3n) is 2.91. The summed E-state index contributed by atoms with van der Waals surface area (Å²) in [4.78, 5) is 0. The topological polar surface area (TPSA) is 21.3 Å². The van der Waals surface area contributed by atoms with Crippen LogP contribution in [0, 0.1) is 6.92 Å². The Morgan fingerprint density at radius 2 is 1.95 bits per heavy atom. The predicted octanol–water partition coefficient (Wildman–Crippen LogP) is 4.66. The van der Waals surface area contributed by atoms with E-state index in [1.54, 1.807) is 0 Å². The van der Waals surface area contributed by atoms with Gasteiger partial charge in [-0.05, 0) is 42.8 Å². The maximum absolute atomic E-state index is 5.90. The van der Waals surface area contributed by atoms with Crippen molar-refractivity contribution in [2.45, 2.75) is 20.4 Å². The van der Waals surface area contributed by atoms with E-state index in [0.29, 0.717) is 0 Å². The van der Waals surface area contributed by atoms with Crippen molar-refractivity contribution in [1.29, 1.82) is 0 Å². The standard InChI is InChI=1S/C16H18BrNO/c1-3-18-11-13-8-9-14(10-15(13)17)19-16-7-5-4-6-12(16)2/h4-10,18H,3,11H2,1-2H3. The molecule has 0 fully saturated rings. The van der Waals surface area contributed by atoms with Gasteiger partial charge in [0.1, 0.15) is 11.5 Å². The maximum atomic E-state index is 5.90. The highest BCUT2D eigenvalue weighted by molar-refractivity contribution is 9.10. The summed E-state index contributed by atoms with van der Waals surface area (Å²) in [6.07, 6.45) is 0. The van der Waals surface area contributed by atoms with E-state index >= 15 is 0 Å². The lowest BCUT2D eigenvalue weighted by atomic mass is 10.2. The minimum absolute atomic E-state index is 0.849. The molecule has 0 saturated carbocycles. The third-order valence-corrected chi connectivity index (χ3v) is 3.65. The first-order chi connectivity index (χ1) is 9.20. The van der Waals surface area contributed by atoms with Gasteiger partial charge >= 0.3 is 0 Å². The summed E-state index contributed by atoms with van der Waals surface area (Å²) in [5, 5.41) is 3.31. The van der Waals surface area contributed by atoms with Crippen LogP contribution < -0.4 is 10.1 Å². The SMILES string of the molecule is CCNCc1ccc(Oc2ccccc2C)cc1Br. The monoisotopic (exact) mass is 319 g/mol. The molecule has 100 valence electrons. The van der Waals surface area contributed by atoms with Gasteiger partial charge < -0.3 is 10.1 Å². The summed E-state index contributed by atoms with van der Waals surface area (Å²) in [6.45, 7) is 5.98. The second-order valence-corrected chi connectivity index (χ2v) is 5.26. The molecule has 0 bridgehead atoms. The highest BCUT2D eigenvalue weighted by Gasteiger charge is 2.04. The fraction of sp³-hybridized carbons (Fsp3) is 0.250. The summed E-state index contributed by atoms with van der Waals surface area (Å²) in [5.74, 6) is 1.75. The number of halogens is 1. The number of ether oxygens (including phenoxy) is 1. The van der Waals surface area contributed by atoms with Crippen LogP contribution in [0.25, 0.3) is 0 Å². The average Bonchev–Trinajstić information content (AvgIpc) is 2.40. The van der Waals surface area contributed by atoms with E-state index in [2.05, 4.69) is 34.2 Å². The molecule has 2 aromatic carbocycles. The fourth-order valence-electron chi connectivity index (χ4n) is 1.79. The van der Waals surface area contributed by atoms with E-state index in [9.17, 15) is 0 Å². The van der Waals surface area contributed by atoms with Gasteiger partial charge in [-0.25, -0.2) is 0 Å². The number of aryl methyl sites for hydroxylation is 1.